The van der Waals surface area contributed by atoms with Gasteiger partial charge >= 0.3 is 0 Å². The van der Waals surface area contributed by atoms with Gasteiger partial charge in [-0.05, 0) is 55.3 Å². The smallest absolute Gasteiger partial charge is 0.260 e. The minimum atomic E-state index is -0.682. The van der Waals surface area contributed by atoms with Gasteiger partial charge in [0.05, 0.1) is 5.25 Å². The van der Waals surface area contributed by atoms with Crippen LogP contribution in [0.25, 0.3) is 0 Å². The number of hydrogen-bond acceptors (Lipinski definition) is 3. The van der Waals surface area contributed by atoms with Gasteiger partial charge < -0.3 is 0 Å². The topological polar surface area (TPSA) is 37.4 Å². The summed E-state index contributed by atoms with van der Waals surface area (Å²) in [6.07, 6.45) is 1.78. The molecule has 7 heteroatoms. The molecule has 26 heavy (non-hydrogen) atoms. The van der Waals surface area contributed by atoms with E-state index in [0.29, 0.717) is 19.3 Å². The highest BCUT2D eigenvalue weighted by atomic mass is 32.2. The van der Waals surface area contributed by atoms with Crippen LogP contribution in [-0.2, 0) is 4.79 Å². The number of rotatable bonds is 3. The van der Waals surface area contributed by atoms with Crippen LogP contribution < -0.4 is 0 Å². The van der Waals surface area contributed by atoms with Gasteiger partial charge in [0.15, 0.2) is 0 Å². The van der Waals surface area contributed by atoms with Crippen LogP contribution in [0.5, 0.6) is 0 Å². The number of thioether (sulfide) groups is 1. The Morgan fingerprint density at radius 1 is 1.00 bits per heavy atom. The fourth-order valence-electron chi connectivity index (χ4n) is 2.79. The number of amides is 2. The van der Waals surface area contributed by atoms with Crippen molar-refractivity contribution in [2.75, 3.05) is 6.54 Å². The summed E-state index contributed by atoms with van der Waals surface area (Å²) in [7, 11) is 0. The van der Waals surface area contributed by atoms with Crippen LogP contribution in [-0.4, -0.2) is 28.5 Å². The molecule has 0 unspecified atom stereocenters. The van der Waals surface area contributed by atoms with E-state index in [1.54, 1.807) is 0 Å². The maximum absolute atomic E-state index is 13.9. The summed E-state index contributed by atoms with van der Waals surface area (Å²) in [6.45, 7) is 0.248. The number of carbonyl (C=O) groups is 2. The summed E-state index contributed by atoms with van der Waals surface area (Å²) in [5.74, 6) is -2.62. The van der Waals surface area contributed by atoms with E-state index in [-0.39, 0.29) is 17.0 Å². The SMILES string of the molecule is O=C(c1ccc(F)cc1)N1CCCC[C@@H](Sc2cc(F)ccc2F)C1=O. The van der Waals surface area contributed by atoms with Crippen LogP contribution in [0.4, 0.5) is 13.2 Å². The van der Waals surface area contributed by atoms with Gasteiger partial charge in [-0.1, -0.05) is 6.42 Å². The number of hydrogen-bond donors (Lipinski definition) is 0. The lowest BCUT2D eigenvalue weighted by atomic mass is 10.2. The van der Waals surface area contributed by atoms with Crippen molar-refractivity contribution in [3.8, 4) is 0 Å². The highest BCUT2D eigenvalue weighted by Gasteiger charge is 2.32. The average Bonchev–Trinajstić information content (AvgIpc) is 2.80. The van der Waals surface area contributed by atoms with Crippen molar-refractivity contribution in [1.29, 1.82) is 0 Å². The molecule has 0 N–H and O–H groups in total. The first-order valence-electron chi connectivity index (χ1n) is 8.18. The Hall–Kier alpha value is -2.28. The van der Waals surface area contributed by atoms with E-state index < -0.39 is 34.5 Å². The number of halogens is 3. The Bertz CT molecular complexity index is 826. The average molecular weight is 379 g/mol. The molecule has 1 fully saturated rings. The van der Waals surface area contributed by atoms with Crippen LogP contribution in [0.2, 0.25) is 0 Å². The Morgan fingerprint density at radius 3 is 2.42 bits per heavy atom. The monoisotopic (exact) mass is 379 g/mol. The van der Waals surface area contributed by atoms with Crippen LogP contribution in [0.3, 0.4) is 0 Å². The zero-order valence-corrected chi connectivity index (χ0v) is 14.6. The summed E-state index contributed by atoms with van der Waals surface area (Å²) < 4.78 is 40.3. The molecule has 0 spiro atoms. The molecule has 0 aromatic heterocycles. The number of benzene rings is 2. The normalized spacial score (nSPS) is 17.9. The molecule has 3 nitrogen and oxygen atoms in total. The fourth-order valence-corrected chi connectivity index (χ4v) is 3.97. The van der Waals surface area contributed by atoms with Gasteiger partial charge in [-0.3, -0.25) is 14.5 Å². The lowest BCUT2D eigenvalue weighted by Crippen LogP contribution is -2.41. The molecular formula is C19H16F3NO2S. The van der Waals surface area contributed by atoms with Crippen LogP contribution >= 0.6 is 11.8 Å². The van der Waals surface area contributed by atoms with E-state index in [1.165, 1.54) is 12.1 Å². The highest BCUT2D eigenvalue weighted by molar-refractivity contribution is 8.00. The third-order valence-corrected chi connectivity index (χ3v) is 5.43. The van der Waals surface area contributed by atoms with E-state index in [9.17, 15) is 22.8 Å². The third-order valence-electron chi connectivity index (χ3n) is 4.14. The maximum Gasteiger partial charge on any atom is 0.260 e. The Kier molecular flexibility index (Phi) is 5.66. The number of carbonyl (C=O) groups excluding carboxylic acids is 2. The number of likely N-dealkylation sites (tertiary alicyclic amines) is 1. The molecule has 2 aromatic rings. The Labute approximate surface area is 153 Å². The van der Waals surface area contributed by atoms with Crippen molar-refractivity contribution in [1.82, 2.24) is 4.90 Å². The summed E-state index contributed by atoms with van der Waals surface area (Å²) in [4.78, 5) is 26.6. The molecule has 1 heterocycles. The molecule has 136 valence electrons. The molecule has 1 saturated heterocycles. The van der Waals surface area contributed by atoms with Gasteiger partial charge in [0.2, 0.25) is 5.91 Å². The van der Waals surface area contributed by atoms with Gasteiger partial charge in [0, 0.05) is 17.0 Å². The van der Waals surface area contributed by atoms with Crippen LogP contribution in [0.15, 0.2) is 47.4 Å². The molecule has 1 atom stereocenters. The quantitative estimate of drug-likeness (QED) is 0.741. The summed E-state index contributed by atoms with van der Waals surface area (Å²) in [5, 5.41) is -0.682. The van der Waals surface area contributed by atoms with Gasteiger partial charge in [-0.15, -0.1) is 11.8 Å². The molecule has 0 bridgehead atoms. The first-order chi connectivity index (χ1) is 12.5. The second-order valence-electron chi connectivity index (χ2n) is 5.98. The molecule has 3 rings (SSSR count). The summed E-state index contributed by atoms with van der Waals surface area (Å²) >= 11 is 0.927. The second kappa shape index (κ2) is 7.95. The largest absolute Gasteiger partial charge is 0.278 e. The highest BCUT2D eigenvalue weighted by Crippen LogP contribution is 2.32. The van der Waals surface area contributed by atoms with Gasteiger partial charge in [-0.25, -0.2) is 13.2 Å². The molecule has 0 radical (unpaired) electrons. The molecule has 1 aliphatic heterocycles. The van der Waals surface area contributed by atoms with Crippen molar-refractivity contribution in [2.24, 2.45) is 0 Å². The lowest BCUT2D eigenvalue weighted by Gasteiger charge is -2.22. The van der Waals surface area contributed by atoms with Gasteiger partial charge in [-0.2, -0.15) is 0 Å². The molecule has 0 aliphatic carbocycles. The van der Waals surface area contributed by atoms with Gasteiger partial charge in [0.1, 0.15) is 17.5 Å². The van der Waals surface area contributed by atoms with E-state index in [4.69, 9.17) is 0 Å². The standard InChI is InChI=1S/C19H16F3NO2S/c20-13-6-4-12(5-7-13)18(24)23-10-2-1-3-16(19(23)25)26-17-11-14(21)8-9-15(17)22/h4-9,11,16H,1-3,10H2/t16-/m1/s1. The number of nitrogens with zero attached hydrogens (tertiary/aromatic N) is 1. The molecule has 2 aromatic carbocycles. The lowest BCUT2D eigenvalue weighted by molar-refractivity contribution is -0.127. The molecule has 0 saturated carbocycles. The summed E-state index contributed by atoms with van der Waals surface area (Å²) in [6, 6.07) is 8.03. The Morgan fingerprint density at radius 2 is 1.69 bits per heavy atom. The minimum Gasteiger partial charge on any atom is -0.278 e. The number of imide groups is 1. The second-order valence-corrected chi connectivity index (χ2v) is 7.22. The van der Waals surface area contributed by atoms with Crippen molar-refractivity contribution < 1.29 is 22.8 Å². The van der Waals surface area contributed by atoms with Crippen molar-refractivity contribution in [2.45, 2.75) is 29.4 Å². The minimum absolute atomic E-state index is 0.0411. The zero-order valence-electron chi connectivity index (χ0n) is 13.8. The first-order valence-corrected chi connectivity index (χ1v) is 9.06. The van der Waals surface area contributed by atoms with Crippen LogP contribution in [0.1, 0.15) is 29.6 Å². The van der Waals surface area contributed by atoms with E-state index in [1.807, 2.05) is 0 Å². The predicted molar refractivity (Wildman–Crippen MR) is 92.3 cm³/mol. The summed E-state index contributed by atoms with van der Waals surface area (Å²) in [5.41, 5.74) is 0.210. The van der Waals surface area contributed by atoms with E-state index in [2.05, 4.69) is 0 Å². The molecule has 1 aliphatic rings. The first kappa shape index (κ1) is 18.5. The van der Waals surface area contributed by atoms with E-state index >= 15 is 0 Å². The molecule has 2 amide bonds. The van der Waals surface area contributed by atoms with Crippen molar-refractivity contribution >= 4 is 23.6 Å². The predicted octanol–water partition coefficient (Wildman–Crippen LogP) is 4.42. The van der Waals surface area contributed by atoms with Gasteiger partial charge in [0.25, 0.3) is 5.91 Å². The van der Waals surface area contributed by atoms with Crippen LogP contribution in [0, 0.1) is 17.5 Å². The maximum atomic E-state index is 13.9. The third kappa shape index (κ3) is 4.09. The molecular weight excluding hydrogens is 363 g/mol. The zero-order chi connectivity index (χ0) is 18.7. The Balaban J connectivity index is 1.82. The van der Waals surface area contributed by atoms with Crippen molar-refractivity contribution in [3.05, 3.63) is 65.5 Å². The van der Waals surface area contributed by atoms with Crippen molar-refractivity contribution in [3.63, 3.8) is 0 Å². The fraction of sp³-hybridized carbons (Fsp3) is 0.263. The van der Waals surface area contributed by atoms with E-state index in [0.717, 1.165) is 47.0 Å².